The van der Waals surface area contributed by atoms with Crippen molar-refractivity contribution in [3.63, 3.8) is 0 Å². The summed E-state index contributed by atoms with van der Waals surface area (Å²) in [7, 11) is 0. The Labute approximate surface area is 93.2 Å². The number of hydrogen-bond acceptors (Lipinski definition) is 1. The van der Waals surface area contributed by atoms with E-state index in [1.807, 2.05) is 0 Å². The molecular formula is C10H9F6N. The Kier molecular flexibility index (Phi) is 3.31. The summed E-state index contributed by atoms with van der Waals surface area (Å²) in [4.78, 5) is 0. The van der Waals surface area contributed by atoms with Crippen molar-refractivity contribution in [1.82, 2.24) is 0 Å². The van der Waals surface area contributed by atoms with E-state index in [-0.39, 0.29) is 12.0 Å². The molecule has 1 aromatic rings. The van der Waals surface area contributed by atoms with E-state index < -0.39 is 29.2 Å². The van der Waals surface area contributed by atoms with Crippen LogP contribution in [0.25, 0.3) is 0 Å². The normalized spacial score (nSPS) is 12.9. The highest BCUT2D eigenvalue weighted by molar-refractivity contribution is 5.56. The molecule has 7 heteroatoms. The predicted octanol–water partition coefficient (Wildman–Crippen LogP) is 3.87. The molecule has 0 unspecified atom stereocenters. The van der Waals surface area contributed by atoms with Gasteiger partial charge in [-0.25, -0.2) is 0 Å². The third kappa shape index (κ3) is 2.83. The number of hydrogen-bond donors (Lipinski definition) is 1. The Morgan fingerprint density at radius 1 is 1.00 bits per heavy atom. The fourth-order valence-corrected chi connectivity index (χ4v) is 1.47. The van der Waals surface area contributed by atoms with E-state index in [0.717, 1.165) is 6.07 Å². The molecule has 1 rings (SSSR count). The molecule has 0 radical (unpaired) electrons. The average Bonchev–Trinajstić information content (AvgIpc) is 2.12. The second-order valence-corrected chi connectivity index (χ2v) is 3.46. The highest BCUT2D eigenvalue weighted by Crippen LogP contribution is 2.43. The van der Waals surface area contributed by atoms with Gasteiger partial charge in [0.15, 0.2) is 0 Å². The van der Waals surface area contributed by atoms with Crippen LogP contribution in [0.2, 0.25) is 0 Å². The standard InChI is InChI=1S/C10H9F6N/c1-2-5-3-6(9(11,12)13)8(7(17)4-5)10(14,15)16/h3-4H,2,17H2,1H3. The summed E-state index contributed by atoms with van der Waals surface area (Å²) in [5.41, 5.74) is 0.724. The minimum atomic E-state index is -5.12. The van der Waals surface area contributed by atoms with Crippen molar-refractivity contribution >= 4 is 5.69 Å². The van der Waals surface area contributed by atoms with Gasteiger partial charge in [-0.15, -0.1) is 0 Å². The lowest BCUT2D eigenvalue weighted by atomic mass is 9.99. The van der Waals surface area contributed by atoms with E-state index in [2.05, 4.69) is 0 Å². The fraction of sp³-hybridized carbons (Fsp3) is 0.400. The van der Waals surface area contributed by atoms with Gasteiger partial charge < -0.3 is 5.73 Å². The molecule has 0 saturated heterocycles. The van der Waals surface area contributed by atoms with Gasteiger partial charge >= 0.3 is 12.4 Å². The number of anilines is 1. The van der Waals surface area contributed by atoms with E-state index in [9.17, 15) is 26.3 Å². The maximum atomic E-state index is 12.5. The lowest BCUT2D eigenvalue weighted by Crippen LogP contribution is -2.19. The quantitative estimate of drug-likeness (QED) is 0.599. The molecule has 0 spiro atoms. The van der Waals surface area contributed by atoms with E-state index in [1.165, 1.54) is 6.92 Å². The van der Waals surface area contributed by atoms with Crippen LogP contribution in [0, 0.1) is 0 Å². The molecule has 0 aliphatic carbocycles. The van der Waals surface area contributed by atoms with Crippen molar-refractivity contribution in [3.05, 3.63) is 28.8 Å². The number of nitrogen functional groups attached to an aromatic ring is 1. The lowest BCUT2D eigenvalue weighted by molar-refractivity contribution is -0.161. The second kappa shape index (κ2) is 4.12. The van der Waals surface area contributed by atoms with Crippen LogP contribution in [0.4, 0.5) is 32.0 Å². The summed E-state index contributed by atoms with van der Waals surface area (Å²) in [5, 5.41) is 0. The molecule has 0 aromatic heterocycles. The Balaban J connectivity index is 3.58. The molecule has 0 atom stereocenters. The maximum absolute atomic E-state index is 12.5. The number of rotatable bonds is 1. The third-order valence-electron chi connectivity index (χ3n) is 2.23. The molecule has 0 bridgehead atoms. The monoisotopic (exact) mass is 257 g/mol. The Morgan fingerprint density at radius 2 is 1.53 bits per heavy atom. The van der Waals surface area contributed by atoms with Crippen molar-refractivity contribution in [2.75, 3.05) is 5.73 Å². The molecule has 2 N–H and O–H groups in total. The van der Waals surface area contributed by atoms with Crippen molar-refractivity contribution in [1.29, 1.82) is 0 Å². The number of halogens is 6. The molecule has 0 heterocycles. The molecule has 96 valence electrons. The minimum absolute atomic E-state index is 0.114. The first-order valence-corrected chi connectivity index (χ1v) is 4.64. The van der Waals surface area contributed by atoms with Crippen LogP contribution < -0.4 is 5.73 Å². The summed E-state index contributed by atoms with van der Waals surface area (Å²) >= 11 is 0. The van der Waals surface area contributed by atoms with Gasteiger partial charge in [0.05, 0.1) is 11.1 Å². The smallest absolute Gasteiger partial charge is 0.398 e. The molecule has 0 fully saturated rings. The van der Waals surface area contributed by atoms with Gasteiger partial charge in [-0.2, -0.15) is 26.3 Å². The van der Waals surface area contributed by atoms with Crippen LogP contribution in [-0.2, 0) is 18.8 Å². The first kappa shape index (κ1) is 13.7. The maximum Gasteiger partial charge on any atom is 0.418 e. The molecular weight excluding hydrogens is 248 g/mol. The fourth-order valence-electron chi connectivity index (χ4n) is 1.47. The second-order valence-electron chi connectivity index (χ2n) is 3.46. The highest BCUT2D eigenvalue weighted by atomic mass is 19.4. The van der Waals surface area contributed by atoms with Crippen molar-refractivity contribution < 1.29 is 26.3 Å². The molecule has 1 nitrogen and oxygen atoms in total. The molecule has 0 aliphatic heterocycles. The summed E-state index contributed by atoms with van der Waals surface area (Å²) in [6.45, 7) is 1.53. The van der Waals surface area contributed by atoms with Crippen molar-refractivity contribution in [3.8, 4) is 0 Å². The van der Waals surface area contributed by atoms with Crippen molar-refractivity contribution in [2.45, 2.75) is 25.7 Å². The Hall–Kier alpha value is -1.40. The predicted molar refractivity (Wildman–Crippen MR) is 50.2 cm³/mol. The van der Waals surface area contributed by atoms with E-state index in [1.54, 1.807) is 0 Å². The van der Waals surface area contributed by atoms with Gasteiger partial charge in [-0.3, -0.25) is 0 Å². The van der Waals surface area contributed by atoms with Crippen molar-refractivity contribution in [2.24, 2.45) is 0 Å². The zero-order chi connectivity index (χ0) is 13.4. The van der Waals surface area contributed by atoms with Crippen LogP contribution in [0.3, 0.4) is 0 Å². The molecule has 1 aromatic carbocycles. The number of alkyl halides is 6. The zero-order valence-corrected chi connectivity index (χ0v) is 8.71. The largest absolute Gasteiger partial charge is 0.418 e. The van der Waals surface area contributed by atoms with Gasteiger partial charge in [0.25, 0.3) is 0 Å². The number of benzene rings is 1. The van der Waals surface area contributed by atoms with Gasteiger partial charge in [0.2, 0.25) is 0 Å². The van der Waals surface area contributed by atoms with Crippen LogP contribution in [0.1, 0.15) is 23.6 Å². The number of nitrogens with two attached hydrogens (primary N) is 1. The Morgan fingerprint density at radius 3 is 1.88 bits per heavy atom. The lowest BCUT2D eigenvalue weighted by Gasteiger charge is -2.18. The van der Waals surface area contributed by atoms with Crippen LogP contribution in [-0.4, -0.2) is 0 Å². The summed E-state index contributed by atoms with van der Waals surface area (Å²) < 4.78 is 75.0. The number of aryl methyl sites for hydroxylation is 1. The average molecular weight is 257 g/mol. The Bertz CT molecular complexity index is 418. The molecule has 0 amide bonds. The van der Waals surface area contributed by atoms with E-state index in [4.69, 9.17) is 5.73 Å². The van der Waals surface area contributed by atoms with Gasteiger partial charge in [0, 0.05) is 5.69 Å². The summed E-state index contributed by atoms with van der Waals surface area (Å²) in [6.07, 6.45) is -10.0. The minimum Gasteiger partial charge on any atom is -0.398 e. The topological polar surface area (TPSA) is 26.0 Å². The van der Waals surface area contributed by atoms with E-state index >= 15 is 0 Å². The SMILES string of the molecule is CCc1cc(N)c(C(F)(F)F)c(C(F)(F)F)c1. The zero-order valence-electron chi connectivity index (χ0n) is 8.71. The molecule has 0 aliphatic rings. The first-order valence-electron chi connectivity index (χ1n) is 4.64. The van der Waals surface area contributed by atoms with Crippen LogP contribution >= 0.6 is 0 Å². The summed E-state index contributed by atoms with van der Waals surface area (Å²) in [6, 6.07) is 1.40. The first-order chi connectivity index (χ1) is 7.57. The summed E-state index contributed by atoms with van der Waals surface area (Å²) in [5.74, 6) is 0. The van der Waals surface area contributed by atoms with Crippen LogP contribution in [0.15, 0.2) is 12.1 Å². The molecule has 0 saturated carbocycles. The van der Waals surface area contributed by atoms with E-state index in [0.29, 0.717) is 6.07 Å². The van der Waals surface area contributed by atoms with Gasteiger partial charge in [-0.05, 0) is 24.1 Å². The van der Waals surface area contributed by atoms with Crippen LogP contribution in [0.5, 0.6) is 0 Å². The van der Waals surface area contributed by atoms with Gasteiger partial charge in [-0.1, -0.05) is 6.92 Å². The van der Waals surface area contributed by atoms with Gasteiger partial charge in [0.1, 0.15) is 0 Å². The molecule has 17 heavy (non-hydrogen) atoms. The third-order valence-corrected chi connectivity index (χ3v) is 2.23. The highest BCUT2D eigenvalue weighted by Gasteiger charge is 2.44.